The van der Waals surface area contributed by atoms with Gasteiger partial charge in [0.25, 0.3) is 5.56 Å². The van der Waals surface area contributed by atoms with E-state index in [0.29, 0.717) is 0 Å². The Morgan fingerprint density at radius 2 is 2.25 bits per heavy atom. The van der Waals surface area contributed by atoms with E-state index < -0.39 is 37.4 Å². The molecule has 0 aromatic carbocycles. The van der Waals surface area contributed by atoms with Gasteiger partial charge in [0.1, 0.15) is 6.10 Å². The zero-order chi connectivity index (χ0) is 17.9. The van der Waals surface area contributed by atoms with Crippen molar-refractivity contribution in [2.24, 2.45) is 5.92 Å². The first-order chi connectivity index (χ1) is 11.3. The lowest BCUT2D eigenvalue weighted by molar-refractivity contribution is -0.0524. The summed E-state index contributed by atoms with van der Waals surface area (Å²) in [7, 11) is -1.59. The molecule has 1 aromatic heterocycles. The summed E-state index contributed by atoms with van der Waals surface area (Å²) in [6.07, 6.45) is -1.42. The third kappa shape index (κ3) is 4.19. The van der Waals surface area contributed by atoms with Crippen LogP contribution in [0.5, 0.6) is 0 Å². The molecular formula is C12H20N3O8P. The van der Waals surface area contributed by atoms with Crippen molar-refractivity contribution in [3.8, 4) is 0 Å². The number of methoxy groups -OCH3 is 1. The minimum Gasteiger partial charge on any atom is -0.384 e. The highest BCUT2D eigenvalue weighted by atomic mass is 31.2. The van der Waals surface area contributed by atoms with Gasteiger partial charge in [0.2, 0.25) is 0 Å². The maximum absolute atomic E-state index is 11.8. The van der Waals surface area contributed by atoms with Crippen molar-refractivity contribution in [3.05, 3.63) is 33.1 Å². The van der Waals surface area contributed by atoms with Crippen LogP contribution in [-0.2, 0) is 18.6 Å². The minimum atomic E-state index is -4.11. The van der Waals surface area contributed by atoms with Crippen molar-refractivity contribution in [2.45, 2.75) is 18.4 Å². The molecule has 1 aliphatic heterocycles. The Hall–Kier alpha value is -1.33. The Labute approximate surface area is 136 Å². The van der Waals surface area contributed by atoms with E-state index in [4.69, 9.17) is 9.47 Å². The van der Waals surface area contributed by atoms with Gasteiger partial charge in [-0.1, -0.05) is 0 Å². The topological polar surface area (TPSA) is 152 Å². The van der Waals surface area contributed by atoms with Gasteiger partial charge in [-0.25, -0.2) is 14.4 Å². The average Bonchev–Trinajstić information content (AvgIpc) is 2.89. The Morgan fingerprint density at radius 3 is 2.83 bits per heavy atom. The third-order valence-electron chi connectivity index (χ3n) is 3.74. The normalized spacial score (nSPS) is 27.8. The number of hydrogen-bond donors (Lipinski definition) is 4. The molecule has 1 aliphatic rings. The standard InChI is InChI=1S/C12H20N3O8P/c1-21-5-7-6-23-10(9(7)14-24(19,20)22-2)11(17)15-4-3-8(16)13-12(15)18/h3-4,7,9-11,17H,5-6H2,1-2H3,(H,13,16,18)(H2,14,19,20)/t7?,9-,10?,11?/m0/s1. The summed E-state index contributed by atoms with van der Waals surface area (Å²) >= 11 is 0. The van der Waals surface area contributed by atoms with Gasteiger partial charge >= 0.3 is 13.4 Å². The monoisotopic (exact) mass is 365 g/mol. The average molecular weight is 365 g/mol. The number of ether oxygens (including phenoxy) is 2. The van der Waals surface area contributed by atoms with Gasteiger partial charge in [0, 0.05) is 32.4 Å². The second-order valence-electron chi connectivity index (χ2n) is 5.30. The first-order valence-corrected chi connectivity index (χ1v) is 8.63. The molecule has 2 heterocycles. The Kier molecular flexibility index (Phi) is 6.10. The van der Waals surface area contributed by atoms with Crippen molar-refractivity contribution < 1.29 is 28.6 Å². The molecule has 12 heteroatoms. The number of nitrogens with one attached hydrogen (secondary N) is 2. The van der Waals surface area contributed by atoms with E-state index in [2.05, 4.69) is 9.61 Å². The highest BCUT2D eigenvalue weighted by Gasteiger charge is 2.45. The number of aromatic amines is 1. The van der Waals surface area contributed by atoms with Crippen molar-refractivity contribution in [1.82, 2.24) is 14.6 Å². The van der Waals surface area contributed by atoms with Gasteiger partial charge in [0.15, 0.2) is 6.23 Å². The van der Waals surface area contributed by atoms with E-state index >= 15 is 0 Å². The van der Waals surface area contributed by atoms with Crippen molar-refractivity contribution in [1.29, 1.82) is 0 Å². The number of aliphatic hydroxyl groups excluding tert-OH is 1. The van der Waals surface area contributed by atoms with Crippen LogP contribution >= 0.6 is 7.75 Å². The summed E-state index contributed by atoms with van der Waals surface area (Å²) < 4.78 is 27.7. The number of hydrogen-bond acceptors (Lipinski definition) is 7. The van der Waals surface area contributed by atoms with Crippen LogP contribution in [0.15, 0.2) is 21.9 Å². The fraction of sp³-hybridized carbons (Fsp3) is 0.667. The van der Waals surface area contributed by atoms with Gasteiger partial charge in [-0.05, 0) is 0 Å². The summed E-state index contributed by atoms with van der Waals surface area (Å²) in [6.45, 7) is 0.334. The number of H-pyrrole nitrogens is 1. The van der Waals surface area contributed by atoms with Crippen molar-refractivity contribution >= 4 is 7.75 Å². The van der Waals surface area contributed by atoms with Gasteiger partial charge in [0.05, 0.1) is 19.3 Å². The summed E-state index contributed by atoms with van der Waals surface area (Å²) in [5.41, 5.74) is -1.44. The molecule has 0 spiro atoms. The molecular weight excluding hydrogens is 345 g/mol. The third-order valence-corrected chi connectivity index (χ3v) is 4.85. The Balaban J connectivity index is 2.30. The number of aliphatic hydroxyl groups is 1. The molecule has 1 fully saturated rings. The molecule has 4 N–H and O–H groups in total. The smallest absolute Gasteiger partial charge is 0.384 e. The maximum atomic E-state index is 11.8. The number of aromatic nitrogens is 2. The second-order valence-corrected chi connectivity index (χ2v) is 6.97. The molecule has 0 aliphatic carbocycles. The fourth-order valence-electron chi connectivity index (χ4n) is 2.56. The lowest BCUT2D eigenvalue weighted by Gasteiger charge is -2.28. The van der Waals surface area contributed by atoms with Crippen LogP contribution in [0.1, 0.15) is 6.23 Å². The molecule has 24 heavy (non-hydrogen) atoms. The first kappa shape index (κ1) is 19.0. The zero-order valence-corrected chi connectivity index (χ0v) is 14.0. The van der Waals surface area contributed by atoms with E-state index in [0.717, 1.165) is 23.9 Å². The van der Waals surface area contributed by atoms with E-state index in [9.17, 15) is 24.2 Å². The molecule has 5 atom stereocenters. The van der Waals surface area contributed by atoms with E-state index in [1.807, 2.05) is 4.98 Å². The first-order valence-electron chi connectivity index (χ1n) is 7.05. The largest absolute Gasteiger partial charge is 0.403 e. The van der Waals surface area contributed by atoms with Gasteiger partial charge in [-0.15, -0.1) is 0 Å². The van der Waals surface area contributed by atoms with Gasteiger partial charge < -0.3 is 24.0 Å². The van der Waals surface area contributed by atoms with Crippen molar-refractivity contribution in [2.75, 3.05) is 27.4 Å². The summed E-state index contributed by atoms with van der Waals surface area (Å²) in [4.78, 5) is 34.6. The zero-order valence-electron chi connectivity index (χ0n) is 13.1. The molecule has 11 nitrogen and oxygen atoms in total. The van der Waals surface area contributed by atoms with Crippen LogP contribution in [0.25, 0.3) is 0 Å². The molecule has 0 amide bonds. The predicted molar refractivity (Wildman–Crippen MR) is 81.4 cm³/mol. The van der Waals surface area contributed by atoms with Crippen LogP contribution in [-0.4, -0.2) is 59.1 Å². The lowest BCUT2D eigenvalue weighted by atomic mass is 9.99. The molecule has 4 unspecified atom stereocenters. The van der Waals surface area contributed by atoms with Crippen LogP contribution in [0.4, 0.5) is 0 Å². The highest BCUT2D eigenvalue weighted by Crippen LogP contribution is 2.40. The SMILES string of the molecule is COCC1COC(C(O)n2ccc(=O)[nH]c2=O)[C@H]1NP(=O)(O)OC. The van der Waals surface area contributed by atoms with E-state index in [1.54, 1.807) is 0 Å². The molecule has 0 radical (unpaired) electrons. The maximum Gasteiger partial charge on any atom is 0.403 e. The van der Waals surface area contributed by atoms with E-state index in [-0.39, 0.29) is 19.1 Å². The van der Waals surface area contributed by atoms with Crippen LogP contribution < -0.4 is 16.3 Å². The molecule has 1 aromatic rings. The summed E-state index contributed by atoms with van der Waals surface area (Å²) in [5.74, 6) is -0.358. The minimum absolute atomic E-state index is 0.134. The summed E-state index contributed by atoms with van der Waals surface area (Å²) in [5, 5.41) is 12.8. The fourth-order valence-corrected chi connectivity index (χ4v) is 3.40. The van der Waals surface area contributed by atoms with Crippen LogP contribution in [0.2, 0.25) is 0 Å². The predicted octanol–water partition coefficient (Wildman–Crippen LogP) is -1.61. The van der Waals surface area contributed by atoms with Crippen molar-refractivity contribution in [3.63, 3.8) is 0 Å². The molecule has 2 rings (SSSR count). The quantitative estimate of drug-likeness (QED) is 0.418. The molecule has 0 saturated carbocycles. The van der Waals surface area contributed by atoms with Crippen LogP contribution in [0, 0.1) is 5.92 Å². The summed E-state index contributed by atoms with van der Waals surface area (Å²) in [6, 6.07) is 0.246. The Bertz CT molecular complexity index is 719. The van der Waals surface area contributed by atoms with E-state index in [1.165, 1.54) is 7.11 Å². The number of nitrogens with zero attached hydrogens (tertiary/aromatic N) is 1. The molecule has 136 valence electrons. The lowest BCUT2D eigenvalue weighted by Crippen LogP contribution is -2.47. The van der Waals surface area contributed by atoms with Gasteiger partial charge in [-0.2, -0.15) is 0 Å². The highest BCUT2D eigenvalue weighted by molar-refractivity contribution is 7.50. The van der Waals surface area contributed by atoms with Gasteiger partial charge in [-0.3, -0.25) is 14.3 Å². The molecule has 1 saturated heterocycles. The second kappa shape index (κ2) is 7.70. The molecule has 0 bridgehead atoms. The number of rotatable bonds is 7. The Morgan fingerprint density at radius 1 is 1.54 bits per heavy atom. The van der Waals surface area contributed by atoms with Crippen LogP contribution in [0.3, 0.4) is 0 Å².